The Morgan fingerprint density at radius 1 is 1.50 bits per heavy atom. The highest BCUT2D eigenvalue weighted by atomic mass is 35.5. The van der Waals surface area contributed by atoms with E-state index < -0.39 is 5.97 Å². The minimum absolute atomic E-state index is 0.0788. The molecule has 6 heteroatoms. The number of nitrogens with zero attached hydrogens (tertiary/aromatic N) is 2. The van der Waals surface area contributed by atoms with Crippen molar-refractivity contribution in [2.75, 3.05) is 5.32 Å². The van der Waals surface area contributed by atoms with Crippen LogP contribution in [-0.4, -0.2) is 20.9 Å². The lowest BCUT2D eigenvalue weighted by atomic mass is 10.1. The van der Waals surface area contributed by atoms with Crippen molar-refractivity contribution in [2.24, 2.45) is 7.05 Å². The lowest BCUT2D eigenvalue weighted by Gasteiger charge is -2.09. The number of aromatic nitrogens is 2. The molecule has 0 saturated carbocycles. The molecule has 2 aromatic rings. The number of anilines is 1. The summed E-state index contributed by atoms with van der Waals surface area (Å²) in [6, 6.07) is 6.79. The van der Waals surface area contributed by atoms with Gasteiger partial charge in [0.2, 0.25) is 0 Å². The van der Waals surface area contributed by atoms with Gasteiger partial charge in [-0.1, -0.05) is 17.7 Å². The van der Waals surface area contributed by atoms with Gasteiger partial charge in [-0.05, 0) is 18.2 Å². The van der Waals surface area contributed by atoms with Crippen LogP contribution in [0.25, 0.3) is 0 Å². The van der Waals surface area contributed by atoms with E-state index in [0.717, 1.165) is 5.69 Å². The van der Waals surface area contributed by atoms with E-state index >= 15 is 0 Å². The minimum Gasteiger partial charge on any atom is -0.478 e. The molecule has 0 spiro atoms. The van der Waals surface area contributed by atoms with E-state index in [9.17, 15) is 4.79 Å². The molecule has 0 fully saturated rings. The zero-order valence-corrected chi connectivity index (χ0v) is 10.5. The Hall–Kier alpha value is -2.01. The van der Waals surface area contributed by atoms with Crippen LogP contribution in [0.15, 0.2) is 30.5 Å². The van der Waals surface area contributed by atoms with Gasteiger partial charge in [0, 0.05) is 13.2 Å². The van der Waals surface area contributed by atoms with Crippen LogP contribution in [0, 0.1) is 0 Å². The maximum atomic E-state index is 11.1. The lowest BCUT2D eigenvalue weighted by Crippen LogP contribution is -2.07. The van der Waals surface area contributed by atoms with Crippen molar-refractivity contribution < 1.29 is 9.90 Å². The van der Waals surface area contributed by atoms with Crippen LogP contribution >= 0.6 is 11.6 Å². The first-order valence-corrected chi connectivity index (χ1v) is 5.70. The molecule has 2 N–H and O–H groups in total. The second-order valence-corrected chi connectivity index (χ2v) is 4.21. The summed E-state index contributed by atoms with van der Waals surface area (Å²) in [7, 11) is 1.82. The molecule has 18 heavy (non-hydrogen) atoms. The number of benzene rings is 1. The summed E-state index contributed by atoms with van der Waals surface area (Å²) >= 11 is 5.87. The normalized spacial score (nSPS) is 10.3. The molecule has 0 aliphatic heterocycles. The Balaban J connectivity index is 2.19. The highest BCUT2D eigenvalue weighted by Crippen LogP contribution is 2.24. The average Bonchev–Trinajstić information content (AvgIpc) is 2.72. The number of nitrogens with one attached hydrogen (secondary N) is 1. The van der Waals surface area contributed by atoms with Crippen molar-refractivity contribution in [1.29, 1.82) is 0 Å². The number of carbonyl (C=O) groups is 1. The highest BCUT2D eigenvalue weighted by Gasteiger charge is 2.14. The van der Waals surface area contributed by atoms with Crippen molar-refractivity contribution in [2.45, 2.75) is 6.54 Å². The smallest absolute Gasteiger partial charge is 0.339 e. The Morgan fingerprint density at radius 2 is 2.28 bits per heavy atom. The standard InChI is InChI=1S/C12H12ClN3O2/c1-16-6-5-8(15-16)7-14-10-4-2-3-9(13)11(10)12(17)18/h2-6,14H,7H2,1H3,(H,17,18). The Labute approximate surface area is 109 Å². The summed E-state index contributed by atoms with van der Waals surface area (Å²) < 4.78 is 1.69. The van der Waals surface area contributed by atoms with Crippen LogP contribution in [0.3, 0.4) is 0 Å². The van der Waals surface area contributed by atoms with Crippen LogP contribution in [0.1, 0.15) is 16.1 Å². The topological polar surface area (TPSA) is 67.2 Å². The highest BCUT2D eigenvalue weighted by molar-refractivity contribution is 6.34. The quantitative estimate of drug-likeness (QED) is 0.891. The number of hydrogen-bond donors (Lipinski definition) is 2. The lowest BCUT2D eigenvalue weighted by molar-refractivity contribution is 0.0698. The minimum atomic E-state index is -1.05. The number of aromatic carboxylic acids is 1. The van der Waals surface area contributed by atoms with Crippen LogP contribution in [-0.2, 0) is 13.6 Å². The van der Waals surface area contributed by atoms with Gasteiger partial charge in [0.05, 0.1) is 22.9 Å². The maximum absolute atomic E-state index is 11.1. The SMILES string of the molecule is Cn1ccc(CNc2cccc(Cl)c2C(=O)O)n1. The molecule has 0 unspecified atom stereocenters. The van der Waals surface area contributed by atoms with E-state index in [2.05, 4.69) is 10.4 Å². The Bertz CT molecular complexity index is 580. The first-order valence-electron chi connectivity index (χ1n) is 5.32. The van der Waals surface area contributed by atoms with Gasteiger partial charge >= 0.3 is 5.97 Å². The zero-order valence-electron chi connectivity index (χ0n) is 9.72. The van der Waals surface area contributed by atoms with E-state index in [1.807, 2.05) is 19.3 Å². The van der Waals surface area contributed by atoms with E-state index in [1.165, 1.54) is 0 Å². The third kappa shape index (κ3) is 2.62. The van der Waals surface area contributed by atoms with Crippen molar-refractivity contribution >= 4 is 23.3 Å². The van der Waals surface area contributed by atoms with Gasteiger partial charge in [-0.25, -0.2) is 4.79 Å². The number of aryl methyl sites for hydroxylation is 1. The molecule has 0 radical (unpaired) electrons. The molecular formula is C12H12ClN3O2. The third-order valence-electron chi connectivity index (χ3n) is 2.46. The van der Waals surface area contributed by atoms with Gasteiger partial charge < -0.3 is 10.4 Å². The van der Waals surface area contributed by atoms with Gasteiger partial charge in [0.15, 0.2) is 0 Å². The summed E-state index contributed by atoms with van der Waals surface area (Å²) in [4.78, 5) is 11.1. The van der Waals surface area contributed by atoms with Crippen LogP contribution in [0.4, 0.5) is 5.69 Å². The van der Waals surface area contributed by atoms with Gasteiger partial charge in [-0.2, -0.15) is 5.10 Å². The summed E-state index contributed by atoms with van der Waals surface area (Å²) in [5, 5.41) is 16.5. The molecule has 0 saturated heterocycles. The molecule has 0 aliphatic rings. The van der Waals surface area contributed by atoms with Crippen molar-refractivity contribution in [1.82, 2.24) is 9.78 Å². The van der Waals surface area contributed by atoms with Gasteiger partial charge in [-0.3, -0.25) is 4.68 Å². The molecule has 0 amide bonds. The van der Waals surface area contributed by atoms with Crippen LogP contribution in [0.5, 0.6) is 0 Å². The van der Waals surface area contributed by atoms with E-state index in [-0.39, 0.29) is 10.6 Å². The summed E-state index contributed by atoms with van der Waals surface area (Å²) in [6.45, 7) is 0.446. The second-order valence-electron chi connectivity index (χ2n) is 3.80. The number of rotatable bonds is 4. The molecule has 0 atom stereocenters. The molecule has 0 bridgehead atoms. The fourth-order valence-electron chi connectivity index (χ4n) is 1.63. The predicted molar refractivity (Wildman–Crippen MR) is 68.9 cm³/mol. The third-order valence-corrected chi connectivity index (χ3v) is 2.77. The summed E-state index contributed by atoms with van der Waals surface area (Å²) in [5.41, 5.74) is 1.39. The summed E-state index contributed by atoms with van der Waals surface area (Å²) in [6.07, 6.45) is 1.83. The predicted octanol–water partition coefficient (Wildman–Crippen LogP) is 2.38. The molecule has 1 aromatic carbocycles. The van der Waals surface area contributed by atoms with Crippen LogP contribution < -0.4 is 5.32 Å². The summed E-state index contributed by atoms with van der Waals surface area (Å²) in [5.74, 6) is -1.05. The van der Waals surface area contributed by atoms with Crippen LogP contribution in [0.2, 0.25) is 5.02 Å². The maximum Gasteiger partial charge on any atom is 0.339 e. The van der Waals surface area contributed by atoms with Crippen molar-refractivity contribution in [3.63, 3.8) is 0 Å². The number of carboxylic acids is 1. The first-order chi connectivity index (χ1) is 8.58. The van der Waals surface area contributed by atoms with Gasteiger partial charge in [0.25, 0.3) is 0 Å². The van der Waals surface area contributed by atoms with Crippen molar-refractivity contribution in [3.8, 4) is 0 Å². The fraction of sp³-hybridized carbons (Fsp3) is 0.167. The molecule has 94 valence electrons. The molecule has 5 nitrogen and oxygen atoms in total. The zero-order chi connectivity index (χ0) is 13.1. The monoisotopic (exact) mass is 265 g/mol. The number of halogens is 1. The average molecular weight is 266 g/mol. The van der Waals surface area contributed by atoms with E-state index in [4.69, 9.17) is 16.7 Å². The Morgan fingerprint density at radius 3 is 2.89 bits per heavy atom. The largest absolute Gasteiger partial charge is 0.478 e. The Kier molecular flexibility index (Phi) is 3.53. The second kappa shape index (κ2) is 5.10. The van der Waals surface area contributed by atoms with E-state index in [0.29, 0.717) is 12.2 Å². The van der Waals surface area contributed by atoms with Gasteiger partial charge in [0.1, 0.15) is 5.56 Å². The number of hydrogen-bond acceptors (Lipinski definition) is 3. The van der Waals surface area contributed by atoms with Gasteiger partial charge in [-0.15, -0.1) is 0 Å². The molecular weight excluding hydrogens is 254 g/mol. The number of carboxylic acid groups (broad SMARTS) is 1. The molecule has 1 heterocycles. The van der Waals surface area contributed by atoms with E-state index in [1.54, 1.807) is 22.9 Å². The fourth-order valence-corrected chi connectivity index (χ4v) is 1.89. The molecule has 2 rings (SSSR count). The first kappa shape index (κ1) is 12.4. The van der Waals surface area contributed by atoms with Crippen molar-refractivity contribution in [3.05, 3.63) is 46.7 Å². The molecule has 1 aromatic heterocycles. The molecule has 0 aliphatic carbocycles.